The Morgan fingerprint density at radius 1 is 1.19 bits per heavy atom. The topological polar surface area (TPSA) is 86.7 Å². The SMILES string of the molecule is CCOC(=O)C(CC(=O)O)=C1CC(C)(C)N([O])C(C)(C)C1. The molecule has 21 heavy (non-hydrogen) atoms. The van der Waals surface area contributed by atoms with Crippen LogP contribution in [0.4, 0.5) is 0 Å². The molecule has 0 aromatic rings. The predicted octanol–water partition coefficient (Wildman–Crippen LogP) is 2.32. The highest BCUT2D eigenvalue weighted by Crippen LogP contribution is 2.41. The molecule has 0 amide bonds. The smallest absolute Gasteiger partial charge is 0.334 e. The first-order valence-electron chi connectivity index (χ1n) is 7.08. The molecule has 1 saturated heterocycles. The second-order valence-corrected chi connectivity index (χ2v) is 6.65. The van der Waals surface area contributed by atoms with Crippen LogP contribution >= 0.6 is 0 Å². The zero-order chi connectivity index (χ0) is 16.4. The third-order valence-corrected chi connectivity index (χ3v) is 3.67. The van der Waals surface area contributed by atoms with E-state index >= 15 is 0 Å². The summed E-state index contributed by atoms with van der Waals surface area (Å²) in [6, 6.07) is 0. The molecule has 0 saturated carbocycles. The fourth-order valence-corrected chi connectivity index (χ4v) is 2.99. The highest BCUT2D eigenvalue weighted by Gasteiger charge is 2.45. The molecule has 0 aromatic carbocycles. The van der Waals surface area contributed by atoms with E-state index in [9.17, 15) is 14.8 Å². The summed E-state index contributed by atoms with van der Waals surface area (Å²) in [6.07, 6.45) is 0.349. The molecule has 1 radical (unpaired) electrons. The van der Waals surface area contributed by atoms with Crippen molar-refractivity contribution in [3.63, 3.8) is 0 Å². The van der Waals surface area contributed by atoms with Gasteiger partial charge in [-0.1, -0.05) is 5.57 Å². The van der Waals surface area contributed by atoms with Gasteiger partial charge in [-0.2, -0.15) is 0 Å². The zero-order valence-electron chi connectivity index (χ0n) is 13.4. The number of hydrogen-bond donors (Lipinski definition) is 1. The molecule has 0 bridgehead atoms. The molecule has 0 aromatic heterocycles. The number of piperidine rings is 1. The van der Waals surface area contributed by atoms with Crippen LogP contribution in [0.25, 0.3) is 0 Å². The summed E-state index contributed by atoms with van der Waals surface area (Å²) in [5.41, 5.74) is -0.489. The van der Waals surface area contributed by atoms with E-state index < -0.39 is 23.0 Å². The van der Waals surface area contributed by atoms with Gasteiger partial charge in [0.2, 0.25) is 0 Å². The number of carbonyl (C=O) groups excluding carboxylic acids is 1. The van der Waals surface area contributed by atoms with Crippen LogP contribution in [0.3, 0.4) is 0 Å². The molecule has 1 N–H and O–H groups in total. The number of rotatable bonds is 4. The van der Waals surface area contributed by atoms with Crippen LogP contribution in [0, 0.1) is 0 Å². The lowest BCUT2D eigenvalue weighted by atomic mass is 9.76. The van der Waals surface area contributed by atoms with Crippen molar-refractivity contribution >= 4 is 11.9 Å². The van der Waals surface area contributed by atoms with E-state index in [1.807, 2.05) is 0 Å². The second-order valence-electron chi connectivity index (χ2n) is 6.65. The van der Waals surface area contributed by atoms with Gasteiger partial charge in [-0.25, -0.2) is 4.79 Å². The summed E-state index contributed by atoms with van der Waals surface area (Å²) in [4.78, 5) is 23.1. The molecular formula is C15H24NO5. The highest BCUT2D eigenvalue weighted by molar-refractivity contribution is 5.94. The number of carboxylic acids is 1. The van der Waals surface area contributed by atoms with E-state index in [0.29, 0.717) is 18.4 Å². The monoisotopic (exact) mass is 298 g/mol. The summed E-state index contributed by atoms with van der Waals surface area (Å²) >= 11 is 0. The lowest BCUT2D eigenvalue weighted by molar-refractivity contribution is -0.279. The molecular weight excluding hydrogens is 274 g/mol. The first-order valence-corrected chi connectivity index (χ1v) is 7.08. The average Bonchev–Trinajstić information content (AvgIpc) is 2.32. The molecule has 0 aliphatic carbocycles. The van der Waals surface area contributed by atoms with Gasteiger partial charge in [0.1, 0.15) is 0 Å². The van der Waals surface area contributed by atoms with E-state index in [1.165, 1.54) is 0 Å². The quantitative estimate of drug-likeness (QED) is 0.635. The summed E-state index contributed by atoms with van der Waals surface area (Å²) in [5, 5.41) is 22.4. The zero-order valence-corrected chi connectivity index (χ0v) is 13.4. The Labute approximate surface area is 125 Å². The number of carboxylic acid groups (broad SMARTS) is 1. The second kappa shape index (κ2) is 6.15. The van der Waals surface area contributed by atoms with E-state index in [0.717, 1.165) is 5.06 Å². The third kappa shape index (κ3) is 4.04. The van der Waals surface area contributed by atoms with Crippen molar-refractivity contribution in [2.45, 2.75) is 65.0 Å². The van der Waals surface area contributed by atoms with Crippen molar-refractivity contribution in [3.05, 3.63) is 11.1 Å². The molecule has 1 aliphatic rings. The van der Waals surface area contributed by atoms with Crippen molar-refractivity contribution in [2.24, 2.45) is 0 Å². The van der Waals surface area contributed by atoms with Gasteiger partial charge in [0.05, 0.1) is 13.0 Å². The molecule has 0 unspecified atom stereocenters. The maximum Gasteiger partial charge on any atom is 0.334 e. The Kier molecular flexibility index (Phi) is 5.17. The predicted molar refractivity (Wildman–Crippen MR) is 75.8 cm³/mol. The minimum atomic E-state index is -1.08. The first kappa shape index (κ1) is 17.7. The van der Waals surface area contributed by atoms with Crippen molar-refractivity contribution in [2.75, 3.05) is 6.61 Å². The largest absolute Gasteiger partial charge is 0.481 e. The van der Waals surface area contributed by atoms with Crippen LogP contribution in [0.15, 0.2) is 11.1 Å². The maximum absolute atomic E-state index is 12.3. The van der Waals surface area contributed by atoms with Gasteiger partial charge in [-0.3, -0.25) is 4.79 Å². The number of ether oxygens (including phenoxy) is 1. The van der Waals surface area contributed by atoms with Crippen molar-refractivity contribution in [3.8, 4) is 0 Å². The number of carbonyl (C=O) groups is 2. The van der Waals surface area contributed by atoms with E-state index in [4.69, 9.17) is 9.84 Å². The Morgan fingerprint density at radius 2 is 1.67 bits per heavy atom. The van der Waals surface area contributed by atoms with E-state index in [2.05, 4.69) is 0 Å². The number of esters is 1. The van der Waals surface area contributed by atoms with Crippen molar-refractivity contribution in [1.82, 2.24) is 5.06 Å². The minimum absolute atomic E-state index is 0.179. The fourth-order valence-electron chi connectivity index (χ4n) is 2.99. The van der Waals surface area contributed by atoms with Crippen LogP contribution < -0.4 is 0 Å². The van der Waals surface area contributed by atoms with Gasteiger partial charge < -0.3 is 9.84 Å². The molecule has 0 atom stereocenters. The van der Waals surface area contributed by atoms with Gasteiger partial charge in [0.25, 0.3) is 0 Å². The van der Waals surface area contributed by atoms with Crippen LogP contribution in [-0.2, 0) is 19.5 Å². The van der Waals surface area contributed by atoms with E-state index in [-0.39, 0.29) is 18.6 Å². The van der Waals surface area contributed by atoms with Gasteiger partial charge in [0, 0.05) is 16.7 Å². The van der Waals surface area contributed by atoms with Gasteiger partial charge >= 0.3 is 11.9 Å². The molecule has 1 heterocycles. The lowest BCUT2D eigenvalue weighted by Crippen LogP contribution is -2.56. The Bertz CT molecular complexity index is 445. The number of hydrogen-bond acceptors (Lipinski definition) is 4. The summed E-state index contributed by atoms with van der Waals surface area (Å²) in [7, 11) is 0. The molecule has 1 rings (SSSR count). The molecule has 119 valence electrons. The average molecular weight is 298 g/mol. The molecule has 1 fully saturated rings. The maximum atomic E-state index is 12.3. The first-order chi connectivity index (χ1) is 9.51. The Morgan fingerprint density at radius 3 is 2.05 bits per heavy atom. The highest BCUT2D eigenvalue weighted by atomic mass is 16.5. The fraction of sp³-hybridized carbons (Fsp3) is 0.733. The Balaban J connectivity index is 3.26. The standard InChI is InChI=1S/C15H24NO5/c1-6-21-13(19)11(7-12(17)18)10-8-14(2,3)16(20)15(4,5)9-10/h6-9H2,1-5H3,(H,17,18). The summed E-state index contributed by atoms with van der Waals surface area (Å²) in [5.74, 6) is -1.67. The van der Waals surface area contributed by atoms with Crippen LogP contribution in [-0.4, -0.2) is 39.8 Å². The van der Waals surface area contributed by atoms with Gasteiger partial charge in [-0.15, -0.1) is 10.3 Å². The molecule has 0 spiro atoms. The summed E-state index contributed by atoms with van der Waals surface area (Å²) in [6.45, 7) is 9.05. The van der Waals surface area contributed by atoms with Crippen LogP contribution in [0.5, 0.6) is 0 Å². The third-order valence-electron chi connectivity index (χ3n) is 3.67. The Hall–Kier alpha value is -1.40. The normalized spacial score (nSPS) is 21.0. The molecule has 6 heteroatoms. The summed E-state index contributed by atoms with van der Waals surface area (Å²) < 4.78 is 4.97. The van der Waals surface area contributed by atoms with Gasteiger partial charge in [0.15, 0.2) is 0 Å². The number of aliphatic carboxylic acids is 1. The van der Waals surface area contributed by atoms with Crippen LogP contribution in [0.1, 0.15) is 53.9 Å². The number of nitrogens with zero attached hydrogens (tertiary/aromatic N) is 1. The number of hydroxylamine groups is 2. The van der Waals surface area contributed by atoms with Crippen LogP contribution in [0.2, 0.25) is 0 Å². The van der Waals surface area contributed by atoms with E-state index in [1.54, 1.807) is 34.6 Å². The lowest BCUT2D eigenvalue weighted by Gasteiger charge is -2.48. The van der Waals surface area contributed by atoms with Gasteiger partial charge in [-0.05, 0) is 47.5 Å². The molecule has 1 aliphatic heterocycles. The molecule has 6 nitrogen and oxygen atoms in total. The minimum Gasteiger partial charge on any atom is -0.481 e. The van der Waals surface area contributed by atoms with Crippen molar-refractivity contribution in [1.29, 1.82) is 0 Å². The van der Waals surface area contributed by atoms with Crippen molar-refractivity contribution < 1.29 is 24.6 Å².